The fourth-order valence-corrected chi connectivity index (χ4v) is 4.60. The molecule has 0 radical (unpaired) electrons. The number of hydrogen-bond donors (Lipinski definition) is 0. The van der Waals surface area contributed by atoms with Gasteiger partial charge in [0.2, 0.25) is 0 Å². The van der Waals surface area contributed by atoms with Crippen molar-refractivity contribution in [2.75, 3.05) is 19.8 Å². The molecule has 1 aliphatic carbocycles. The van der Waals surface area contributed by atoms with Crippen LogP contribution in [0.15, 0.2) is 55.8 Å². The number of nitrogens with zero attached hydrogens (tertiary/aromatic N) is 1. The molecule has 0 bridgehead atoms. The minimum Gasteiger partial charge on any atom is -0.381 e. The van der Waals surface area contributed by atoms with Gasteiger partial charge in [-0.2, -0.15) is 0 Å². The molecule has 0 saturated carbocycles. The van der Waals surface area contributed by atoms with E-state index in [1.165, 1.54) is 76.0 Å². The molecular formula is C35H55NS. The van der Waals surface area contributed by atoms with Crippen LogP contribution < -0.4 is 0 Å². The monoisotopic (exact) mass is 521 g/mol. The summed E-state index contributed by atoms with van der Waals surface area (Å²) in [6.45, 7) is 29.6. The normalized spacial score (nSPS) is 11.6. The van der Waals surface area contributed by atoms with Gasteiger partial charge in [0.15, 0.2) is 0 Å². The lowest BCUT2D eigenvalue weighted by atomic mass is 9.96. The molecule has 3 rings (SSSR count). The van der Waals surface area contributed by atoms with Gasteiger partial charge in [-0.3, -0.25) is 0 Å². The number of allylic oxidation sites excluding steroid dienone is 1. The average molecular weight is 522 g/mol. The number of hydrogen-bond acceptors (Lipinski definition) is 2. The molecule has 37 heavy (non-hydrogen) atoms. The summed E-state index contributed by atoms with van der Waals surface area (Å²) in [7, 11) is 1.99. The highest BCUT2D eigenvalue weighted by molar-refractivity contribution is 8.07. The van der Waals surface area contributed by atoms with E-state index in [1.807, 2.05) is 25.8 Å². The van der Waals surface area contributed by atoms with Gasteiger partial charge in [-0.1, -0.05) is 69.8 Å². The third-order valence-electron chi connectivity index (χ3n) is 6.74. The fourth-order valence-electron chi connectivity index (χ4n) is 4.16. The molecule has 206 valence electrons. The Hall–Kier alpha value is -2.19. The van der Waals surface area contributed by atoms with Crippen LogP contribution in [0.1, 0.15) is 91.5 Å². The number of fused-ring (bicyclic) bond motifs is 1. The maximum atomic E-state index is 4.14. The summed E-state index contributed by atoms with van der Waals surface area (Å²) >= 11 is 1.75. The smallest absolute Gasteiger partial charge is 0.0140 e. The van der Waals surface area contributed by atoms with Crippen LogP contribution in [0, 0.1) is 27.7 Å². The van der Waals surface area contributed by atoms with E-state index < -0.39 is 0 Å². The van der Waals surface area contributed by atoms with E-state index in [1.54, 1.807) is 29.1 Å². The summed E-state index contributed by atoms with van der Waals surface area (Å²) in [5.74, 6) is 0. The minimum absolute atomic E-state index is 1.01. The van der Waals surface area contributed by atoms with E-state index in [0.29, 0.717) is 0 Å². The Balaban J connectivity index is 0.000000555. The van der Waals surface area contributed by atoms with E-state index >= 15 is 0 Å². The number of thioether (sulfide) groups is 1. The van der Waals surface area contributed by atoms with Crippen molar-refractivity contribution in [3.8, 4) is 0 Å². The van der Waals surface area contributed by atoms with E-state index in [4.69, 9.17) is 0 Å². The first kappa shape index (κ1) is 34.8. The molecule has 0 unspecified atom stereocenters. The van der Waals surface area contributed by atoms with Crippen LogP contribution in [-0.4, -0.2) is 24.7 Å². The molecule has 0 amide bonds. The van der Waals surface area contributed by atoms with Crippen molar-refractivity contribution in [2.24, 2.45) is 0 Å². The minimum atomic E-state index is 1.01. The Labute approximate surface area is 235 Å². The second kappa shape index (κ2) is 19.0. The Morgan fingerprint density at radius 3 is 1.86 bits per heavy atom. The Bertz CT molecular complexity index is 999. The summed E-state index contributed by atoms with van der Waals surface area (Å²) < 4.78 is 0. The first-order valence-corrected chi connectivity index (χ1v) is 15.2. The van der Waals surface area contributed by atoms with Gasteiger partial charge < -0.3 is 4.90 Å². The SMILES string of the molecule is C=C(C)Cc1cc(C)c(C)cc1C.C=C(SC)c1cc2c(cc1C)CCCCC2.C=CN(C)CC.CC. The quantitative estimate of drug-likeness (QED) is 0.275. The molecule has 0 atom stereocenters. The highest BCUT2D eigenvalue weighted by atomic mass is 32.2. The van der Waals surface area contributed by atoms with Crippen LogP contribution in [0.3, 0.4) is 0 Å². The molecular weight excluding hydrogens is 466 g/mol. The third kappa shape index (κ3) is 12.7. The second-order valence-corrected chi connectivity index (χ2v) is 10.8. The van der Waals surface area contributed by atoms with Gasteiger partial charge in [0.05, 0.1) is 0 Å². The van der Waals surface area contributed by atoms with Crippen LogP contribution in [0.25, 0.3) is 4.91 Å². The predicted molar refractivity (Wildman–Crippen MR) is 174 cm³/mol. The van der Waals surface area contributed by atoms with Gasteiger partial charge in [0, 0.05) is 18.5 Å². The molecule has 0 saturated heterocycles. The molecule has 2 aromatic rings. The van der Waals surface area contributed by atoms with Crippen molar-refractivity contribution in [3.63, 3.8) is 0 Å². The fraction of sp³-hybridized carbons (Fsp3) is 0.486. The molecule has 1 aliphatic rings. The van der Waals surface area contributed by atoms with E-state index in [9.17, 15) is 0 Å². The van der Waals surface area contributed by atoms with Gasteiger partial charge in [0.1, 0.15) is 0 Å². The first-order chi connectivity index (χ1) is 17.5. The molecule has 0 N–H and O–H groups in total. The van der Waals surface area contributed by atoms with Crippen molar-refractivity contribution in [1.29, 1.82) is 0 Å². The molecule has 2 heteroatoms. The van der Waals surface area contributed by atoms with Crippen LogP contribution in [-0.2, 0) is 19.3 Å². The van der Waals surface area contributed by atoms with Crippen molar-refractivity contribution >= 4 is 16.7 Å². The topological polar surface area (TPSA) is 3.24 Å². The molecule has 2 aromatic carbocycles. The van der Waals surface area contributed by atoms with Crippen molar-refractivity contribution < 1.29 is 0 Å². The zero-order valence-electron chi connectivity index (χ0n) is 25.8. The van der Waals surface area contributed by atoms with E-state index in [2.05, 4.69) is 91.8 Å². The largest absolute Gasteiger partial charge is 0.381 e. The average Bonchev–Trinajstić information content (AvgIpc) is 3.12. The van der Waals surface area contributed by atoms with Crippen LogP contribution in [0.2, 0.25) is 0 Å². The summed E-state index contributed by atoms with van der Waals surface area (Å²) in [4.78, 5) is 3.21. The Kier molecular flexibility index (Phi) is 17.8. The number of benzene rings is 2. The number of rotatable bonds is 6. The van der Waals surface area contributed by atoms with Crippen LogP contribution in [0.4, 0.5) is 0 Å². The number of aryl methyl sites for hydroxylation is 6. The highest BCUT2D eigenvalue weighted by Gasteiger charge is 2.11. The van der Waals surface area contributed by atoms with Gasteiger partial charge >= 0.3 is 0 Å². The van der Waals surface area contributed by atoms with Gasteiger partial charge in [-0.25, -0.2) is 0 Å². The summed E-state index contributed by atoms with van der Waals surface area (Å²) in [6.07, 6.45) is 11.5. The predicted octanol–water partition coefficient (Wildman–Crippen LogP) is 10.4. The summed E-state index contributed by atoms with van der Waals surface area (Å²) in [5.41, 5.74) is 12.7. The standard InChI is InChI=1S/C15H20S.C13H18.C5H11N.C2H6/c1-11-9-13-7-5-4-6-8-14(13)10-15(11)12(2)16-3;1-9(2)6-13-8-11(4)10(3)7-12(13)5;1-4-6(3)5-2;1-2/h9-10H,2,4-8H2,1,3H3;7-8H,1,6H2,2-5H3;4H,1,5H2,2-3H3;1-2H3. The van der Waals surface area contributed by atoms with Crippen molar-refractivity contribution in [1.82, 2.24) is 4.90 Å². The van der Waals surface area contributed by atoms with Gasteiger partial charge in [0.25, 0.3) is 0 Å². The van der Waals surface area contributed by atoms with Crippen LogP contribution >= 0.6 is 11.8 Å². The molecule has 0 aliphatic heterocycles. The first-order valence-electron chi connectivity index (χ1n) is 13.9. The lowest BCUT2D eigenvalue weighted by Crippen LogP contribution is -2.06. The van der Waals surface area contributed by atoms with Crippen LogP contribution in [0.5, 0.6) is 0 Å². The Morgan fingerprint density at radius 1 is 0.865 bits per heavy atom. The van der Waals surface area contributed by atoms with Gasteiger partial charge in [-0.05, 0) is 131 Å². The summed E-state index contributed by atoms with van der Waals surface area (Å²) in [5, 5.41) is 0. The maximum Gasteiger partial charge on any atom is 0.0140 e. The van der Waals surface area contributed by atoms with E-state index in [0.717, 1.165) is 13.0 Å². The summed E-state index contributed by atoms with van der Waals surface area (Å²) in [6, 6.07) is 9.30. The molecule has 0 aromatic heterocycles. The molecule has 0 spiro atoms. The molecule has 0 fully saturated rings. The lowest BCUT2D eigenvalue weighted by Gasteiger charge is -2.13. The highest BCUT2D eigenvalue weighted by Crippen LogP contribution is 2.31. The zero-order chi connectivity index (χ0) is 28.5. The van der Waals surface area contributed by atoms with Gasteiger partial charge in [-0.15, -0.1) is 11.8 Å². The molecule has 1 nitrogen and oxygen atoms in total. The molecule has 0 heterocycles. The second-order valence-electron chi connectivity index (χ2n) is 9.88. The maximum absolute atomic E-state index is 4.14. The van der Waals surface area contributed by atoms with Crippen molar-refractivity contribution in [2.45, 2.75) is 93.9 Å². The third-order valence-corrected chi connectivity index (χ3v) is 7.45. The van der Waals surface area contributed by atoms with E-state index in [-0.39, 0.29) is 0 Å². The lowest BCUT2D eigenvalue weighted by molar-refractivity contribution is 0.486. The Morgan fingerprint density at radius 2 is 1.41 bits per heavy atom. The van der Waals surface area contributed by atoms with Crippen molar-refractivity contribution in [3.05, 3.63) is 100 Å². The zero-order valence-corrected chi connectivity index (χ0v) is 26.6.